The molecule has 0 aromatic rings. The third kappa shape index (κ3) is 7.69. The predicted octanol–water partition coefficient (Wildman–Crippen LogP) is 3.31. The van der Waals surface area contributed by atoms with Crippen LogP contribution in [0.2, 0.25) is 0 Å². The summed E-state index contributed by atoms with van der Waals surface area (Å²) in [6.45, 7) is 13.0. The molecule has 1 saturated heterocycles. The van der Waals surface area contributed by atoms with E-state index >= 15 is 0 Å². The van der Waals surface area contributed by atoms with Crippen molar-refractivity contribution in [3.05, 3.63) is 36.5 Å². The molecule has 1 heterocycles. The zero-order valence-electron chi connectivity index (χ0n) is 16.0. The first-order valence-corrected chi connectivity index (χ1v) is 8.83. The molecule has 0 aromatic heterocycles. The number of amides is 1. The van der Waals surface area contributed by atoms with Gasteiger partial charge in [0, 0.05) is 13.0 Å². The Morgan fingerprint density at radius 3 is 2.64 bits per heavy atom. The van der Waals surface area contributed by atoms with Gasteiger partial charge in [0.25, 0.3) is 0 Å². The molecule has 0 aliphatic carbocycles. The second-order valence-corrected chi connectivity index (χ2v) is 6.77. The molecule has 1 aliphatic rings. The molecule has 0 spiro atoms. The molecule has 5 atom stereocenters. The van der Waals surface area contributed by atoms with E-state index in [1.165, 1.54) is 13.0 Å². The Hall–Kier alpha value is -1.88. The van der Waals surface area contributed by atoms with Crippen molar-refractivity contribution >= 4 is 11.9 Å². The summed E-state index contributed by atoms with van der Waals surface area (Å²) in [4.78, 5) is 22.9. The van der Waals surface area contributed by atoms with Crippen LogP contribution in [0.3, 0.4) is 0 Å². The number of allylic oxidation sites excluding steroid dienone is 2. The number of esters is 1. The van der Waals surface area contributed by atoms with Gasteiger partial charge in [0.2, 0.25) is 5.91 Å². The normalized spacial score (nSPS) is 28.4. The molecule has 1 rings (SSSR count). The van der Waals surface area contributed by atoms with Crippen LogP contribution in [0.15, 0.2) is 36.5 Å². The molecule has 0 bridgehead atoms. The second-order valence-electron chi connectivity index (χ2n) is 6.77. The first-order valence-electron chi connectivity index (χ1n) is 8.83. The van der Waals surface area contributed by atoms with Crippen LogP contribution < -0.4 is 5.32 Å². The number of ether oxygens (including phenoxy) is 2. The van der Waals surface area contributed by atoms with Gasteiger partial charge in [0.05, 0.1) is 18.2 Å². The van der Waals surface area contributed by atoms with E-state index in [2.05, 4.69) is 24.9 Å². The van der Waals surface area contributed by atoms with Gasteiger partial charge in [0.1, 0.15) is 6.10 Å². The largest absolute Gasteiger partial charge is 0.459 e. The van der Waals surface area contributed by atoms with Crippen molar-refractivity contribution in [2.75, 3.05) is 0 Å². The number of nitrogens with one attached hydrogen (secondary N) is 1. The van der Waals surface area contributed by atoms with Crippen LogP contribution in [-0.4, -0.2) is 36.2 Å². The molecule has 5 nitrogen and oxygen atoms in total. The molecule has 1 fully saturated rings. The van der Waals surface area contributed by atoms with E-state index in [0.29, 0.717) is 5.92 Å². The van der Waals surface area contributed by atoms with E-state index < -0.39 is 6.10 Å². The van der Waals surface area contributed by atoms with Crippen molar-refractivity contribution in [3.8, 4) is 0 Å². The van der Waals surface area contributed by atoms with Gasteiger partial charge < -0.3 is 14.8 Å². The SMILES string of the molecule is C=C/C(C)=C/CC1O[C@H](C)[C@H](NC(=O)/C=C\[C@H](C)OC(C)=O)C[C@@H]1C. The van der Waals surface area contributed by atoms with Crippen LogP contribution in [0.4, 0.5) is 0 Å². The van der Waals surface area contributed by atoms with Crippen molar-refractivity contribution in [1.82, 2.24) is 5.32 Å². The number of carbonyl (C=O) groups is 2. The van der Waals surface area contributed by atoms with Crippen molar-refractivity contribution in [1.29, 1.82) is 0 Å². The van der Waals surface area contributed by atoms with Gasteiger partial charge in [-0.3, -0.25) is 9.59 Å². The average Bonchev–Trinajstić information content (AvgIpc) is 2.53. The standard InChI is InChI=1S/C20H31NO4/c1-7-13(2)8-10-19-14(3)12-18(16(5)25-19)21-20(23)11-9-15(4)24-17(6)22/h7-9,11,14-16,18-19H,1,10,12H2,2-6H3,(H,21,23)/b11-9-,13-8+/t14-,15-,16+,18+,19?/m0/s1. The minimum Gasteiger partial charge on any atom is -0.459 e. The smallest absolute Gasteiger partial charge is 0.303 e. The predicted molar refractivity (Wildman–Crippen MR) is 99.0 cm³/mol. The Morgan fingerprint density at radius 2 is 2.04 bits per heavy atom. The quantitative estimate of drug-likeness (QED) is 0.435. The van der Waals surface area contributed by atoms with Crippen LogP contribution in [0.5, 0.6) is 0 Å². The Kier molecular flexibility index (Phi) is 8.62. The highest BCUT2D eigenvalue weighted by Crippen LogP contribution is 2.27. The fraction of sp³-hybridized carbons (Fsp3) is 0.600. The number of rotatable bonds is 7. The van der Waals surface area contributed by atoms with Crippen molar-refractivity contribution in [3.63, 3.8) is 0 Å². The third-order valence-electron chi connectivity index (χ3n) is 4.41. The highest BCUT2D eigenvalue weighted by molar-refractivity contribution is 5.87. The summed E-state index contributed by atoms with van der Waals surface area (Å²) in [5.74, 6) is -0.223. The fourth-order valence-electron chi connectivity index (χ4n) is 2.85. The molecule has 1 amide bonds. The molecule has 1 unspecified atom stereocenters. The summed E-state index contributed by atoms with van der Waals surface area (Å²) in [5.41, 5.74) is 1.14. The monoisotopic (exact) mass is 349 g/mol. The van der Waals surface area contributed by atoms with Gasteiger partial charge in [-0.15, -0.1) is 0 Å². The molecule has 0 aromatic carbocycles. The first-order chi connectivity index (χ1) is 11.7. The molecule has 1 N–H and O–H groups in total. The second kappa shape index (κ2) is 10.2. The van der Waals surface area contributed by atoms with E-state index in [1.54, 1.807) is 13.0 Å². The van der Waals surface area contributed by atoms with Crippen LogP contribution in [0, 0.1) is 5.92 Å². The molecule has 25 heavy (non-hydrogen) atoms. The van der Waals surface area contributed by atoms with Crippen molar-refractivity contribution < 1.29 is 19.1 Å². The molecule has 5 heteroatoms. The Labute approximate surface area is 151 Å². The van der Waals surface area contributed by atoms with Crippen molar-refractivity contribution in [2.24, 2.45) is 5.92 Å². The summed E-state index contributed by atoms with van der Waals surface area (Å²) < 4.78 is 11.1. The maximum Gasteiger partial charge on any atom is 0.303 e. The van der Waals surface area contributed by atoms with Gasteiger partial charge in [-0.25, -0.2) is 0 Å². The van der Waals surface area contributed by atoms with Gasteiger partial charge in [-0.05, 0) is 45.6 Å². The van der Waals surface area contributed by atoms with E-state index in [1.807, 2.05) is 19.9 Å². The molecular formula is C20H31NO4. The molecular weight excluding hydrogens is 318 g/mol. The molecule has 140 valence electrons. The first kappa shape index (κ1) is 21.2. The lowest BCUT2D eigenvalue weighted by Gasteiger charge is -2.39. The van der Waals surface area contributed by atoms with E-state index in [0.717, 1.165) is 18.4 Å². The summed E-state index contributed by atoms with van der Waals surface area (Å²) >= 11 is 0. The van der Waals surface area contributed by atoms with Crippen LogP contribution in [-0.2, 0) is 19.1 Å². The van der Waals surface area contributed by atoms with Crippen LogP contribution in [0.25, 0.3) is 0 Å². The highest BCUT2D eigenvalue weighted by Gasteiger charge is 2.33. The summed E-state index contributed by atoms with van der Waals surface area (Å²) in [7, 11) is 0. The third-order valence-corrected chi connectivity index (χ3v) is 4.41. The number of carbonyl (C=O) groups excluding carboxylic acids is 2. The number of hydrogen-bond acceptors (Lipinski definition) is 4. The summed E-state index contributed by atoms with van der Waals surface area (Å²) in [5, 5.41) is 2.98. The Morgan fingerprint density at radius 1 is 1.36 bits per heavy atom. The van der Waals surface area contributed by atoms with Gasteiger partial charge >= 0.3 is 5.97 Å². The Bertz CT molecular complexity index is 538. The maximum absolute atomic E-state index is 12.1. The molecule has 0 saturated carbocycles. The average molecular weight is 349 g/mol. The maximum atomic E-state index is 12.1. The van der Waals surface area contributed by atoms with Gasteiger partial charge in [-0.2, -0.15) is 0 Å². The Balaban J connectivity index is 2.53. The lowest BCUT2D eigenvalue weighted by molar-refractivity contribution is -0.143. The highest BCUT2D eigenvalue weighted by atomic mass is 16.5. The van der Waals surface area contributed by atoms with E-state index in [9.17, 15) is 9.59 Å². The zero-order chi connectivity index (χ0) is 19.0. The van der Waals surface area contributed by atoms with Gasteiger partial charge in [-0.1, -0.05) is 31.2 Å². The van der Waals surface area contributed by atoms with Crippen LogP contribution in [0.1, 0.15) is 47.5 Å². The lowest BCUT2D eigenvalue weighted by Crippen LogP contribution is -2.50. The fourth-order valence-corrected chi connectivity index (χ4v) is 2.85. The van der Waals surface area contributed by atoms with E-state index in [4.69, 9.17) is 9.47 Å². The van der Waals surface area contributed by atoms with E-state index in [-0.39, 0.29) is 30.1 Å². The minimum absolute atomic E-state index is 0.0306. The number of hydrogen-bond donors (Lipinski definition) is 1. The van der Waals surface area contributed by atoms with Crippen molar-refractivity contribution in [2.45, 2.75) is 71.8 Å². The zero-order valence-corrected chi connectivity index (χ0v) is 16.0. The lowest BCUT2D eigenvalue weighted by atomic mass is 9.88. The van der Waals surface area contributed by atoms with Gasteiger partial charge in [0.15, 0.2) is 0 Å². The molecule has 0 radical (unpaired) electrons. The minimum atomic E-state index is -0.425. The summed E-state index contributed by atoms with van der Waals surface area (Å²) in [6.07, 6.45) is 8.34. The summed E-state index contributed by atoms with van der Waals surface area (Å²) in [6, 6.07) is -0.0306. The van der Waals surface area contributed by atoms with Crippen LogP contribution >= 0.6 is 0 Å². The molecule has 1 aliphatic heterocycles. The topological polar surface area (TPSA) is 64.6 Å².